The zero-order valence-corrected chi connectivity index (χ0v) is 19.9. The number of pyridine rings is 1. The number of carboxylic acids is 1. The van der Waals surface area contributed by atoms with E-state index in [0.29, 0.717) is 52.9 Å². The van der Waals surface area contributed by atoms with E-state index in [-0.39, 0.29) is 11.3 Å². The van der Waals surface area contributed by atoms with Crippen LogP contribution in [0.3, 0.4) is 0 Å². The third-order valence-corrected chi connectivity index (χ3v) is 6.37. The lowest BCUT2D eigenvalue weighted by Gasteiger charge is -2.31. The van der Waals surface area contributed by atoms with Gasteiger partial charge in [-0.15, -0.1) is 0 Å². The molecule has 37 heavy (non-hydrogen) atoms. The molecular formula is C28H23N3O6. The number of carboxylic acid groups (broad SMARTS) is 1. The van der Waals surface area contributed by atoms with Crippen molar-refractivity contribution in [2.24, 2.45) is 0 Å². The minimum absolute atomic E-state index is 0.0316. The maximum atomic E-state index is 12.5. The van der Waals surface area contributed by atoms with E-state index >= 15 is 0 Å². The molecule has 2 heterocycles. The van der Waals surface area contributed by atoms with E-state index in [1.807, 2.05) is 30.3 Å². The van der Waals surface area contributed by atoms with Gasteiger partial charge < -0.3 is 14.9 Å². The van der Waals surface area contributed by atoms with Crippen molar-refractivity contribution in [3.8, 4) is 11.5 Å². The van der Waals surface area contributed by atoms with Crippen LogP contribution in [0.1, 0.15) is 32.7 Å². The number of carbonyl (C=O) groups is 1. The van der Waals surface area contributed by atoms with E-state index < -0.39 is 22.3 Å². The number of rotatable bonds is 6. The van der Waals surface area contributed by atoms with Gasteiger partial charge in [-0.25, -0.2) is 9.78 Å². The molecule has 0 bridgehead atoms. The molecule has 0 radical (unpaired) electrons. The predicted molar refractivity (Wildman–Crippen MR) is 138 cm³/mol. The van der Waals surface area contributed by atoms with Gasteiger partial charge >= 0.3 is 11.7 Å². The normalized spacial score (nSPS) is 14.5. The van der Waals surface area contributed by atoms with E-state index in [2.05, 4.69) is 4.90 Å². The molecule has 0 amide bonds. The van der Waals surface area contributed by atoms with Gasteiger partial charge in [-0.2, -0.15) is 0 Å². The Kier molecular flexibility index (Phi) is 6.29. The SMILES string of the molecule is COc1cc(/C=C2\CN(Cc3ccccc3)Cc3c2nc2ccccc2c3C(=O)O)cc([N+](=O)[O-])c1O. The van der Waals surface area contributed by atoms with Crippen LogP contribution in [0.15, 0.2) is 66.7 Å². The number of benzene rings is 3. The molecule has 1 aromatic heterocycles. The van der Waals surface area contributed by atoms with Crippen molar-refractivity contribution in [2.75, 3.05) is 13.7 Å². The molecule has 0 fully saturated rings. The lowest BCUT2D eigenvalue weighted by atomic mass is 9.91. The number of para-hydroxylation sites is 1. The fourth-order valence-electron chi connectivity index (χ4n) is 4.77. The summed E-state index contributed by atoms with van der Waals surface area (Å²) in [5.41, 5.74) is 3.57. The van der Waals surface area contributed by atoms with Crippen molar-refractivity contribution >= 4 is 34.2 Å². The Hall–Kier alpha value is -4.76. The molecule has 1 aliphatic heterocycles. The van der Waals surface area contributed by atoms with E-state index in [9.17, 15) is 25.1 Å². The summed E-state index contributed by atoms with van der Waals surface area (Å²) in [6.07, 6.45) is 1.73. The number of methoxy groups -OCH3 is 1. The Morgan fingerprint density at radius 3 is 2.57 bits per heavy atom. The van der Waals surface area contributed by atoms with Gasteiger partial charge in [0.1, 0.15) is 0 Å². The first-order valence-corrected chi connectivity index (χ1v) is 11.5. The van der Waals surface area contributed by atoms with Crippen molar-refractivity contribution in [2.45, 2.75) is 13.1 Å². The summed E-state index contributed by atoms with van der Waals surface area (Å²) < 4.78 is 5.16. The van der Waals surface area contributed by atoms with Crippen LogP contribution in [-0.2, 0) is 13.1 Å². The van der Waals surface area contributed by atoms with Crippen LogP contribution >= 0.6 is 0 Å². The van der Waals surface area contributed by atoms with Crippen molar-refractivity contribution in [3.05, 3.63) is 105 Å². The number of fused-ring (bicyclic) bond motifs is 2. The summed E-state index contributed by atoms with van der Waals surface area (Å²) >= 11 is 0. The average Bonchev–Trinajstić information content (AvgIpc) is 2.88. The van der Waals surface area contributed by atoms with E-state index in [4.69, 9.17) is 9.72 Å². The topological polar surface area (TPSA) is 126 Å². The van der Waals surface area contributed by atoms with Gasteiger partial charge in [0.15, 0.2) is 5.75 Å². The van der Waals surface area contributed by atoms with Crippen LogP contribution < -0.4 is 4.74 Å². The highest BCUT2D eigenvalue weighted by Gasteiger charge is 2.29. The predicted octanol–water partition coefficient (Wildman–Crippen LogP) is 5.11. The summed E-state index contributed by atoms with van der Waals surface area (Å²) in [5.74, 6) is -1.63. The van der Waals surface area contributed by atoms with Crippen LogP contribution in [0.2, 0.25) is 0 Å². The Balaban J connectivity index is 1.72. The number of hydrogen-bond acceptors (Lipinski definition) is 7. The van der Waals surface area contributed by atoms with Crippen LogP contribution in [0.5, 0.6) is 11.5 Å². The van der Waals surface area contributed by atoms with Gasteiger partial charge in [-0.3, -0.25) is 15.0 Å². The summed E-state index contributed by atoms with van der Waals surface area (Å²) in [7, 11) is 1.32. The summed E-state index contributed by atoms with van der Waals surface area (Å²) in [4.78, 5) is 30.3. The van der Waals surface area contributed by atoms with E-state index in [0.717, 1.165) is 5.56 Å². The van der Waals surface area contributed by atoms with E-state index in [1.165, 1.54) is 19.2 Å². The largest absolute Gasteiger partial charge is 0.500 e. The Morgan fingerprint density at radius 1 is 1.14 bits per heavy atom. The number of ether oxygens (including phenoxy) is 1. The van der Waals surface area contributed by atoms with Gasteiger partial charge in [0.2, 0.25) is 5.75 Å². The third kappa shape index (κ3) is 4.60. The van der Waals surface area contributed by atoms with E-state index in [1.54, 1.807) is 30.3 Å². The Bertz CT molecular complexity index is 1570. The second-order valence-corrected chi connectivity index (χ2v) is 8.78. The molecule has 0 atom stereocenters. The lowest BCUT2D eigenvalue weighted by Crippen LogP contribution is -2.31. The minimum Gasteiger partial charge on any atom is -0.500 e. The van der Waals surface area contributed by atoms with Crippen molar-refractivity contribution in [1.29, 1.82) is 0 Å². The maximum absolute atomic E-state index is 12.5. The molecule has 9 nitrogen and oxygen atoms in total. The van der Waals surface area contributed by atoms with Crippen molar-refractivity contribution in [3.63, 3.8) is 0 Å². The molecule has 0 unspecified atom stereocenters. The molecule has 186 valence electrons. The number of phenols is 1. The van der Waals surface area contributed by atoms with Crippen LogP contribution in [0.4, 0.5) is 5.69 Å². The number of aromatic carboxylic acids is 1. The molecule has 1 aliphatic rings. The first-order chi connectivity index (χ1) is 17.9. The number of hydrogen-bond donors (Lipinski definition) is 2. The van der Waals surface area contributed by atoms with Crippen LogP contribution in [-0.4, -0.2) is 44.6 Å². The van der Waals surface area contributed by atoms with Crippen molar-refractivity contribution in [1.82, 2.24) is 9.88 Å². The zero-order valence-electron chi connectivity index (χ0n) is 19.9. The summed E-state index contributed by atoms with van der Waals surface area (Å²) in [6, 6.07) is 19.7. The molecule has 0 saturated heterocycles. The third-order valence-electron chi connectivity index (χ3n) is 6.37. The number of nitro benzene ring substituents is 1. The molecule has 2 N–H and O–H groups in total. The summed E-state index contributed by atoms with van der Waals surface area (Å²) in [5, 5.41) is 32.5. The maximum Gasteiger partial charge on any atom is 0.336 e. The van der Waals surface area contributed by atoms with Crippen molar-refractivity contribution < 1.29 is 24.7 Å². The van der Waals surface area contributed by atoms with Gasteiger partial charge in [0.05, 0.1) is 28.8 Å². The fourth-order valence-corrected chi connectivity index (χ4v) is 4.77. The number of aromatic hydroxyl groups is 1. The highest BCUT2D eigenvalue weighted by atomic mass is 16.6. The highest BCUT2D eigenvalue weighted by Crippen LogP contribution is 2.39. The molecule has 0 aliphatic carbocycles. The molecule has 5 rings (SSSR count). The van der Waals surface area contributed by atoms with Crippen LogP contribution in [0.25, 0.3) is 22.6 Å². The average molecular weight is 498 g/mol. The monoisotopic (exact) mass is 497 g/mol. The number of aromatic nitrogens is 1. The zero-order chi connectivity index (χ0) is 26.1. The van der Waals surface area contributed by atoms with Gasteiger partial charge in [-0.05, 0) is 34.9 Å². The minimum atomic E-state index is -1.04. The lowest BCUT2D eigenvalue weighted by molar-refractivity contribution is -0.386. The van der Waals surface area contributed by atoms with Gasteiger partial charge in [0, 0.05) is 36.7 Å². The summed E-state index contributed by atoms with van der Waals surface area (Å²) in [6.45, 7) is 1.38. The molecule has 9 heteroatoms. The second-order valence-electron chi connectivity index (χ2n) is 8.78. The standard InChI is InChI=1S/C28H23N3O6/c1-37-24-13-18(12-23(27(24)32)31(35)36)11-19-15-30(14-17-7-3-2-4-8-17)16-21-25(28(33)34)20-9-5-6-10-22(20)29-26(19)21/h2-13,32H,14-16H2,1H3,(H,33,34)/b19-11+. The highest BCUT2D eigenvalue weighted by molar-refractivity contribution is 6.06. The number of nitro groups is 1. The first-order valence-electron chi connectivity index (χ1n) is 11.5. The number of phenolic OH excluding ortho intramolecular Hbond substituents is 1. The molecule has 0 saturated carbocycles. The Labute approximate surface area is 212 Å². The molecule has 3 aromatic carbocycles. The van der Waals surface area contributed by atoms with Gasteiger partial charge in [0.25, 0.3) is 0 Å². The second kappa shape index (κ2) is 9.71. The van der Waals surface area contributed by atoms with Gasteiger partial charge in [-0.1, -0.05) is 48.5 Å². The molecule has 0 spiro atoms. The Morgan fingerprint density at radius 2 is 1.86 bits per heavy atom. The first kappa shape index (κ1) is 24.0. The quantitative estimate of drug-likeness (QED) is 0.278. The molecular weight excluding hydrogens is 474 g/mol. The smallest absolute Gasteiger partial charge is 0.336 e. The fraction of sp³-hybridized carbons (Fsp3) is 0.143. The molecule has 4 aromatic rings. The number of nitrogens with zero attached hydrogens (tertiary/aromatic N) is 3. The van der Waals surface area contributed by atoms with Crippen LogP contribution in [0, 0.1) is 10.1 Å².